The van der Waals surface area contributed by atoms with Crippen molar-refractivity contribution < 1.29 is 9.53 Å². The fraction of sp³-hybridized carbons (Fsp3) is 0.909. The summed E-state index contributed by atoms with van der Waals surface area (Å²) in [5, 5.41) is 0. The van der Waals surface area contributed by atoms with Gasteiger partial charge in [-0.2, -0.15) is 0 Å². The summed E-state index contributed by atoms with van der Waals surface area (Å²) < 4.78 is 4.71. The van der Waals surface area contributed by atoms with Crippen molar-refractivity contribution in [3.8, 4) is 0 Å². The molecule has 1 aliphatic carbocycles. The Morgan fingerprint density at radius 3 is 2.69 bits per heavy atom. The van der Waals surface area contributed by atoms with Gasteiger partial charge in [-0.05, 0) is 18.3 Å². The third kappa shape index (κ3) is 3.79. The average Bonchev–Trinajstić information content (AvgIpc) is 2.19. The summed E-state index contributed by atoms with van der Waals surface area (Å²) in [6.45, 7) is 3.43. The molecule has 0 aliphatic heterocycles. The fourth-order valence-corrected chi connectivity index (χ4v) is 2.24. The molecule has 0 N–H and O–H groups in total. The minimum atomic E-state index is 0.549. The zero-order valence-electron chi connectivity index (χ0n) is 8.50. The lowest BCUT2D eigenvalue weighted by molar-refractivity contribution is -0.129. The first-order chi connectivity index (χ1) is 6.34. The maximum absolute atomic E-state index is 9.94. The van der Waals surface area contributed by atoms with Gasteiger partial charge in [0.1, 0.15) is 0 Å². The molecule has 0 bridgehead atoms. The van der Waals surface area contributed by atoms with Crippen LogP contribution in [0, 0.1) is 11.8 Å². The Hall–Kier alpha value is -0.530. The first-order valence-corrected chi connectivity index (χ1v) is 5.40. The van der Waals surface area contributed by atoms with Crippen molar-refractivity contribution in [2.75, 3.05) is 6.61 Å². The maximum Gasteiger partial charge on any atom is 0.293 e. The lowest BCUT2D eigenvalue weighted by atomic mass is 9.80. The molecular weight excluding hydrogens is 164 g/mol. The van der Waals surface area contributed by atoms with E-state index in [0.29, 0.717) is 13.1 Å². The number of carbonyl (C=O) groups excluding carboxylic acids is 1. The zero-order chi connectivity index (χ0) is 9.52. The van der Waals surface area contributed by atoms with Crippen molar-refractivity contribution >= 4 is 6.47 Å². The Morgan fingerprint density at radius 1 is 1.38 bits per heavy atom. The SMILES string of the molecule is CC(CCOC=O)C1CCCCC1. The molecule has 0 aromatic rings. The second-order valence-corrected chi connectivity index (χ2v) is 4.13. The van der Waals surface area contributed by atoms with Gasteiger partial charge in [0, 0.05) is 0 Å². The summed E-state index contributed by atoms with van der Waals surface area (Å²) in [5.41, 5.74) is 0. The third-order valence-corrected chi connectivity index (χ3v) is 3.21. The van der Waals surface area contributed by atoms with Gasteiger partial charge < -0.3 is 4.74 Å². The van der Waals surface area contributed by atoms with E-state index in [4.69, 9.17) is 4.74 Å². The Labute approximate surface area is 80.7 Å². The normalized spacial score (nSPS) is 21.0. The van der Waals surface area contributed by atoms with Gasteiger partial charge in [0.15, 0.2) is 0 Å². The van der Waals surface area contributed by atoms with Crippen LogP contribution in [0.2, 0.25) is 0 Å². The van der Waals surface area contributed by atoms with Crippen LogP contribution >= 0.6 is 0 Å². The topological polar surface area (TPSA) is 26.3 Å². The fourth-order valence-electron chi connectivity index (χ4n) is 2.24. The van der Waals surface area contributed by atoms with Crippen LogP contribution in [0.25, 0.3) is 0 Å². The summed E-state index contributed by atoms with van der Waals surface area (Å²) in [7, 11) is 0. The van der Waals surface area contributed by atoms with Gasteiger partial charge in [-0.1, -0.05) is 39.0 Å². The molecular formula is C11H20O2. The standard InChI is InChI=1S/C11H20O2/c1-10(7-8-13-9-12)11-5-3-2-4-6-11/h9-11H,2-8H2,1H3. The molecule has 0 heterocycles. The smallest absolute Gasteiger partial charge is 0.293 e. The molecule has 1 fully saturated rings. The third-order valence-electron chi connectivity index (χ3n) is 3.21. The molecule has 2 nitrogen and oxygen atoms in total. The van der Waals surface area contributed by atoms with E-state index in [0.717, 1.165) is 18.3 Å². The quantitative estimate of drug-likeness (QED) is 0.485. The molecule has 1 atom stereocenters. The van der Waals surface area contributed by atoms with Gasteiger partial charge in [0.25, 0.3) is 6.47 Å². The summed E-state index contributed by atoms with van der Waals surface area (Å²) in [6.07, 6.45) is 7.98. The molecule has 0 saturated heterocycles. The first-order valence-electron chi connectivity index (χ1n) is 5.40. The van der Waals surface area contributed by atoms with E-state index in [9.17, 15) is 4.79 Å². The van der Waals surface area contributed by atoms with Gasteiger partial charge in [-0.15, -0.1) is 0 Å². The van der Waals surface area contributed by atoms with Crippen molar-refractivity contribution in [1.29, 1.82) is 0 Å². The highest BCUT2D eigenvalue weighted by Gasteiger charge is 2.19. The van der Waals surface area contributed by atoms with Gasteiger partial charge in [0.05, 0.1) is 6.61 Å². The van der Waals surface area contributed by atoms with Crippen LogP contribution in [0.3, 0.4) is 0 Å². The van der Waals surface area contributed by atoms with E-state index in [2.05, 4.69) is 6.92 Å². The minimum Gasteiger partial charge on any atom is -0.468 e. The van der Waals surface area contributed by atoms with E-state index in [1.165, 1.54) is 32.1 Å². The minimum absolute atomic E-state index is 0.549. The van der Waals surface area contributed by atoms with Crippen molar-refractivity contribution in [3.63, 3.8) is 0 Å². The average molecular weight is 184 g/mol. The number of hydrogen-bond donors (Lipinski definition) is 0. The summed E-state index contributed by atoms with van der Waals surface area (Å²) in [4.78, 5) is 9.94. The number of carbonyl (C=O) groups is 1. The van der Waals surface area contributed by atoms with Crippen LogP contribution in [-0.2, 0) is 9.53 Å². The summed E-state index contributed by atoms with van der Waals surface area (Å²) >= 11 is 0. The van der Waals surface area contributed by atoms with E-state index in [1.807, 2.05) is 0 Å². The molecule has 76 valence electrons. The van der Waals surface area contributed by atoms with Crippen LogP contribution < -0.4 is 0 Å². The molecule has 0 spiro atoms. The molecule has 1 rings (SSSR count). The largest absolute Gasteiger partial charge is 0.468 e. The lowest BCUT2D eigenvalue weighted by Crippen LogP contribution is -2.16. The van der Waals surface area contributed by atoms with E-state index in [-0.39, 0.29) is 0 Å². The molecule has 0 aromatic heterocycles. The van der Waals surface area contributed by atoms with Crippen molar-refractivity contribution in [1.82, 2.24) is 0 Å². The maximum atomic E-state index is 9.94. The van der Waals surface area contributed by atoms with Crippen molar-refractivity contribution in [3.05, 3.63) is 0 Å². The number of ether oxygens (including phenoxy) is 1. The molecule has 2 heteroatoms. The summed E-state index contributed by atoms with van der Waals surface area (Å²) in [6, 6.07) is 0. The van der Waals surface area contributed by atoms with E-state index < -0.39 is 0 Å². The van der Waals surface area contributed by atoms with Crippen LogP contribution in [0.1, 0.15) is 45.4 Å². The molecule has 1 aliphatic rings. The van der Waals surface area contributed by atoms with Gasteiger partial charge in [0.2, 0.25) is 0 Å². The van der Waals surface area contributed by atoms with Crippen molar-refractivity contribution in [2.24, 2.45) is 11.8 Å². The number of rotatable bonds is 5. The van der Waals surface area contributed by atoms with E-state index in [1.54, 1.807) is 0 Å². The molecule has 0 radical (unpaired) electrons. The molecule has 1 saturated carbocycles. The van der Waals surface area contributed by atoms with Crippen LogP contribution in [0.4, 0.5) is 0 Å². The zero-order valence-corrected chi connectivity index (χ0v) is 8.50. The Kier molecular flexibility index (Phi) is 4.87. The predicted molar refractivity (Wildman–Crippen MR) is 52.4 cm³/mol. The highest BCUT2D eigenvalue weighted by Crippen LogP contribution is 2.31. The van der Waals surface area contributed by atoms with Gasteiger partial charge in [-0.3, -0.25) is 4.79 Å². The Bertz CT molecular complexity index is 139. The summed E-state index contributed by atoms with van der Waals surface area (Å²) in [5.74, 6) is 1.60. The van der Waals surface area contributed by atoms with Gasteiger partial charge in [-0.25, -0.2) is 0 Å². The highest BCUT2D eigenvalue weighted by molar-refractivity contribution is 5.36. The van der Waals surface area contributed by atoms with Crippen LogP contribution in [0.15, 0.2) is 0 Å². The van der Waals surface area contributed by atoms with Crippen molar-refractivity contribution in [2.45, 2.75) is 45.4 Å². The first kappa shape index (κ1) is 10.6. The second-order valence-electron chi connectivity index (χ2n) is 4.13. The molecule has 0 amide bonds. The second kappa shape index (κ2) is 6.01. The molecule has 0 aromatic carbocycles. The highest BCUT2D eigenvalue weighted by atomic mass is 16.5. The number of hydrogen-bond acceptors (Lipinski definition) is 2. The Balaban J connectivity index is 2.13. The monoisotopic (exact) mass is 184 g/mol. The lowest BCUT2D eigenvalue weighted by Gasteiger charge is -2.27. The Morgan fingerprint density at radius 2 is 2.08 bits per heavy atom. The van der Waals surface area contributed by atoms with Crippen LogP contribution in [0.5, 0.6) is 0 Å². The predicted octanol–water partition coefficient (Wildman–Crippen LogP) is 2.77. The molecule has 13 heavy (non-hydrogen) atoms. The van der Waals surface area contributed by atoms with Gasteiger partial charge >= 0.3 is 0 Å². The molecule has 1 unspecified atom stereocenters. The van der Waals surface area contributed by atoms with Crippen LogP contribution in [-0.4, -0.2) is 13.1 Å². The van der Waals surface area contributed by atoms with E-state index >= 15 is 0 Å².